The van der Waals surface area contributed by atoms with Crippen molar-refractivity contribution in [2.75, 3.05) is 19.8 Å². The Hall–Kier alpha value is -0.970. The molecule has 2 fully saturated rings. The van der Waals surface area contributed by atoms with Crippen molar-refractivity contribution in [1.29, 1.82) is 0 Å². The van der Waals surface area contributed by atoms with E-state index in [1.807, 2.05) is 0 Å². The van der Waals surface area contributed by atoms with Gasteiger partial charge in [0.25, 0.3) is 0 Å². The highest BCUT2D eigenvalue weighted by Gasteiger charge is 2.50. The molecule has 0 aromatic carbocycles. The molecule has 0 unspecified atom stereocenters. The molecule has 0 amide bonds. The van der Waals surface area contributed by atoms with Crippen molar-refractivity contribution < 1.29 is 59.9 Å². The van der Waals surface area contributed by atoms with Crippen LogP contribution in [0.2, 0.25) is 0 Å². The molecule has 0 spiro atoms. The number of rotatable bonds is 7. The van der Waals surface area contributed by atoms with Gasteiger partial charge in [-0.25, -0.2) is 0 Å². The van der Waals surface area contributed by atoms with Crippen molar-refractivity contribution in [3.05, 3.63) is 0 Å². The zero-order chi connectivity index (χ0) is 20.3. The Morgan fingerprint density at radius 2 is 1.48 bits per heavy atom. The average molecular weight is 399 g/mol. The van der Waals surface area contributed by atoms with Gasteiger partial charge in [0.05, 0.1) is 19.8 Å². The van der Waals surface area contributed by atoms with E-state index in [4.69, 9.17) is 19.3 Å². The maximum absolute atomic E-state index is 10.6. The lowest BCUT2D eigenvalue weighted by molar-refractivity contribution is -0.343. The average Bonchev–Trinajstić information content (AvgIpc) is 2.64. The van der Waals surface area contributed by atoms with Gasteiger partial charge in [-0.3, -0.25) is 10.1 Å². The minimum Gasteiger partial charge on any atom is -0.480 e. The molecule has 0 aromatic heterocycles. The molecule has 9 N–H and O–H groups in total. The Balaban J connectivity index is 2.09. The van der Waals surface area contributed by atoms with Crippen LogP contribution in [0.25, 0.3) is 0 Å². The topological polar surface area (TPSA) is 219 Å². The normalized spacial score (nSPS) is 45.6. The van der Waals surface area contributed by atoms with Gasteiger partial charge < -0.3 is 55.1 Å². The number of carbonyl (C=O) groups is 1. The van der Waals surface area contributed by atoms with Gasteiger partial charge in [0, 0.05) is 0 Å². The molecule has 0 aliphatic carbocycles. The summed E-state index contributed by atoms with van der Waals surface area (Å²) >= 11 is 0. The van der Waals surface area contributed by atoms with E-state index in [1.165, 1.54) is 0 Å². The van der Waals surface area contributed by atoms with E-state index in [0.29, 0.717) is 0 Å². The number of nitrogens with one attached hydrogen (secondary N) is 1. The maximum atomic E-state index is 10.6. The summed E-state index contributed by atoms with van der Waals surface area (Å²) in [6.45, 7) is -1.97. The molecule has 0 bridgehead atoms. The lowest BCUT2D eigenvalue weighted by Crippen LogP contribution is -2.66. The van der Waals surface area contributed by atoms with E-state index in [-0.39, 0.29) is 0 Å². The number of aliphatic carboxylic acids is 1. The molecule has 2 heterocycles. The molecule has 2 rings (SSSR count). The second kappa shape index (κ2) is 9.49. The van der Waals surface area contributed by atoms with Gasteiger partial charge in [-0.2, -0.15) is 0 Å². The fourth-order valence-corrected chi connectivity index (χ4v) is 2.95. The number of aliphatic hydroxyl groups is 7. The fourth-order valence-electron chi connectivity index (χ4n) is 2.95. The Labute approximate surface area is 153 Å². The molecule has 0 saturated carbocycles. The Morgan fingerprint density at radius 3 is 2.04 bits per heavy atom. The largest absolute Gasteiger partial charge is 0.480 e. The van der Waals surface area contributed by atoms with Crippen molar-refractivity contribution >= 4 is 5.97 Å². The zero-order valence-corrected chi connectivity index (χ0v) is 14.1. The van der Waals surface area contributed by atoms with E-state index < -0.39 is 87.1 Å². The maximum Gasteiger partial charge on any atom is 0.317 e. The van der Waals surface area contributed by atoms with Gasteiger partial charge in [0.15, 0.2) is 6.29 Å². The quantitative estimate of drug-likeness (QED) is 0.195. The molecule has 2 aliphatic heterocycles. The third-order valence-electron chi connectivity index (χ3n) is 4.46. The summed E-state index contributed by atoms with van der Waals surface area (Å²) in [5, 5.41) is 79.6. The SMILES string of the molecule is O=C(O)CN[C@@H]1O[C@H](CO)[C@@H](O[C@@H]2O[C@H](CO)[C@@H](O)[C@H](O)[C@H]2O)[C@H](O)[C@H]1O. The molecule has 158 valence electrons. The number of aliphatic hydroxyl groups excluding tert-OH is 7. The first-order valence-corrected chi connectivity index (χ1v) is 8.24. The van der Waals surface area contributed by atoms with Gasteiger partial charge in [-0.1, -0.05) is 0 Å². The zero-order valence-electron chi connectivity index (χ0n) is 14.1. The second-order valence-electron chi connectivity index (χ2n) is 6.33. The van der Waals surface area contributed by atoms with Crippen LogP contribution in [0.5, 0.6) is 0 Å². The predicted octanol–water partition coefficient (Wildman–Crippen LogP) is -5.72. The van der Waals surface area contributed by atoms with Gasteiger partial charge in [-0.15, -0.1) is 0 Å². The number of carboxylic acid groups (broad SMARTS) is 1. The van der Waals surface area contributed by atoms with Crippen molar-refractivity contribution in [2.45, 2.75) is 61.3 Å². The van der Waals surface area contributed by atoms with E-state index in [9.17, 15) is 40.5 Å². The smallest absolute Gasteiger partial charge is 0.317 e. The molecule has 10 atom stereocenters. The lowest BCUT2D eigenvalue weighted by atomic mass is 9.96. The van der Waals surface area contributed by atoms with Crippen molar-refractivity contribution in [2.24, 2.45) is 0 Å². The summed E-state index contributed by atoms with van der Waals surface area (Å²) in [6, 6.07) is 0. The van der Waals surface area contributed by atoms with Crippen LogP contribution in [-0.4, -0.2) is 128 Å². The van der Waals surface area contributed by atoms with E-state index in [0.717, 1.165) is 0 Å². The molecule has 13 nitrogen and oxygen atoms in total. The third-order valence-corrected chi connectivity index (χ3v) is 4.46. The molecule has 2 aliphatic rings. The number of ether oxygens (including phenoxy) is 3. The van der Waals surface area contributed by atoms with Crippen LogP contribution in [0.15, 0.2) is 0 Å². The number of carboxylic acids is 1. The predicted molar refractivity (Wildman–Crippen MR) is 82.0 cm³/mol. The first-order chi connectivity index (χ1) is 12.7. The molecular weight excluding hydrogens is 374 g/mol. The summed E-state index contributed by atoms with van der Waals surface area (Å²) in [6.07, 6.45) is -15.3. The minimum atomic E-state index is -1.76. The summed E-state index contributed by atoms with van der Waals surface area (Å²) in [4.78, 5) is 10.6. The van der Waals surface area contributed by atoms with Gasteiger partial charge in [-0.05, 0) is 0 Å². The monoisotopic (exact) mass is 399 g/mol. The van der Waals surface area contributed by atoms with Crippen LogP contribution >= 0.6 is 0 Å². The van der Waals surface area contributed by atoms with Gasteiger partial charge in [0.2, 0.25) is 0 Å². The summed E-state index contributed by atoms with van der Waals surface area (Å²) in [5.74, 6) is -1.24. The highest BCUT2D eigenvalue weighted by molar-refractivity contribution is 5.69. The first kappa shape index (κ1) is 22.3. The summed E-state index contributed by atoms with van der Waals surface area (Å²) in [7, 11) is 0. The van der Waals surface area contributed by atoms with Crippen molar-refractivity contribution in [3.8, 4) is 0 Å². The molecular formula is C14H25NO12. The van der Waals surface area contributed by atoms with Crippen LogP contribution in [0.3, 0.4) is 0 Å². The van der Waals surface area contributed by atoms with E-state index >= 15 is 0 Å². The molecule has 0 radical (unpaired) electrons. The Kier molecular flexibility index (Phi) is 7.84. The summed E-state index contributed by atoms with van der Waals surface area (Å²) < 4.78 is 15.8. The molecule has 13 heteroatoms. The Morgan fingerprint density at radius 1 is 0.852 bits per heavy atom. The van der Waals surface area contributed by atoms with Crippen LogP contribution in [0.4, 0.5) is 0 Å². The van der Waals surface area contributed by atoms with Crippen LogP contribution in [-0.2, 0) is 19.0 Å². The molecule has 2 saturated heterocycles. The Bertz CT molecular complexity index is 491. The number of hydrogen-bond acceptors (Lipinski definition) is 12. The van der Waals surface area contributed by atoms with Crippen LogP contribution in [0, 0.1) is 0 Å². The van der Waals surface area contributed by atoms with Gasteiger partial charge in [0.1, 0.15) is 55.1 Å². The second-order valence-corrected chi connectivity index (χ2v) is 6.33. The highest BCUT2D eigenvalue weighted by atomic mass is 16.7. The fraction of sp³-hybridized carbons (Fsp3) is 0.929. The minimum absolute atomic E-state index is 0.579. The number of hydrogen-bond donors (Lipinski definition) is 9. The third kappa shape index (κ3) is 4.90. The van der Waals surface area contributed by atoms with E-state index in [1.54, 1.807) is 0 Å². The van der Waals surface area contributed by atoms with Crippen LogP contribution < -0.4 is 5.32 Å². The standard InChI is InChI=1S/C14H25NO12/c16-2-4-7(20)8(21)11(24)14(26-4)27-12-5(3-17)25-13(10(23)9(12)22)15-1-6(18)19/h4-5,7-17,20-24H,1-3H2,(H,18,19)/t4-,5-,7-,8+,9-,10-,11-,12-,13-,14+/m1/s1. The van der Waals surface area contributed by atoms with Gasteiger partial charge >= 0.3 is 5.97 Å². The van der Waals surface area contributed by atoms with E-state index in [2.05, 4.69) is 5.32 Å². The van der Waals surface area contributed by atoms with Crippen molar-refractivity contribution in [1.82, 2.24) is 5.32 Å². The summed E-state index contributed by atoms with van der Waals surface area (Å²) in [5.41, 5.74) is 0. The lowest BCUT2D eigenvalue weighted by Gasteiger charge is -2.46. The molecule has 27 heavy (non-hydrogen) atoms. The molecule has 0 aromatic rings. The van der Waals surface area contributed by atoms with Crippen LogP contribution in [0.1, 0.15) is 0 Å². The highest BCUT2D eigenvalue weighted by Crippen LogP contribution is 2.28. The van der Waals surface area contributed by atoms with Crippen molar-refractivity contribution in [3.63, 3.8) is 0 Å². The first-order valence-electron chi connectivity index (χ1n) is 8.24.